The Morgan fingerprint density at radius 2 is 2.00 bits per heavy atom. The second-order valence-electron chi connectivity index (χ2n) is 5.91. The fraction of sp³-hybridized carbons (Fsp3) is 0.562. The largest absolute Gasteiger partial charge is 0.490 e. The molecule has 0 aliphatic heterocycles. The normalized spacial score (nSPS) is 15.6. The summed E-state index contributed by atoms with van der Waals surface area (Å²) in [7, 11) is 0. The number of nitrogens with zero attached hydrogens (tertiary/aromatic N) is 1. The molecule has 0 bridgehead atoms. The minimum Gasteiger partial charge on any atom is -0.490 e. The van der Waals surface area contributed by atoms with Gasteiger partial charge in [-0.3, -0.25) is 14.9 Å². The van der Waals surface area contributed by atoms with Crippen LogP contribution in [0.2, 0.25) is 0 Å². The fourth-order valence-electron chi connectivity index (χ4n) is 2.68. The predicted octanol–water partition coefficient (Wildman–Crippen LogP) is 3.44. The van der Waals surface area contributed by atoms with Crippen LogP contribution in [0.15, 0.2) is 18.2 Å². The highest BCUT2D eigenvalue weighted by Crippen LogP contribution is 2.26. The van der Waals surface area contributed by atoms with Crippen molar-refractivity contribution in [1.82, 2.24) is 5.32 Å². The van der Waals surface area contributed by atoms with Crippen molar-refractivity contribution in [1.29, 1.82) is 0 Å². The first-order chi connectivity index (χ1) is 10.5. The molecule has 0 spiro atoms. The SMILES string of the molecule is CC(C)Oc1ccc([N+](=O)[O-])cc1C(=O)NC1CCCCC1. The van der Waals surface area contributed by atoms with E-state index < -0.39 is 4.92 Å². The average molecular weight is 306 g/mol. The van der Waals surface area contributed by atoms with Gasteiger partial charge in [0.15, 0.2) is 0 Å². The van der Waals surface area contributed by atoms with E-state index in [1.807, 2.05) is 13.8 Å². The zero-order chi connectivity index (χ0) is 16.1. The maximum Gasteiger partial charge on any atom is 0.270 e. The summed E-state index contributed by atoms with van der Waals surface area (Å²) < 4.78 is 5.61. The van der Waals surface area contributed by atoms with Gasteiger partial charge in [-0.2, -0.15) is 0 Å². The minimum absolute atomic E-state index is 0.107. The molecule has 0 heterocycles. The molecule has 0 unspecified atom stereocenters. The second kappa shape index (κ2) is 7.24. The van der Waals surface area contributed by atoms with Crippen molar-refractivity contribution in [3.8, 4) is 5.75 Å². The molecule has 0 saturated heterocycles. The van der Waals surface area contributed by atoms with E-state index in [4.69, 9.17) is 4.74 Å². The molecule has 1 aliphatic carbocycles. The molecule has 1 aromatic rings. The van der Waals surface area contributed by atoms with E-state index >= 15 is 0 Å². The molecular weight excluding hydrogens is 284 g/mol. The number of benzene rings is 1. The van der Waals surface area contributed by atoms with Crippen LogP contribution in [0.25, 0.3) is 0 Å². The van der Waals surface area contributed by atoms with Crippen LogP contribution in [0, 0.1) is 10.1 Å². The number of carbonyl (C=O) groups excluding carboxylic acids is 1. The van der Waals surface area contributed by atoms with Crippen molar-refractivity contribution in [3.05, 3.63) is 33.9 Å². The molecule has 6 nitrogen and oxygen atoms in total. The van der Waals surface area contributed by atoms with Crippen LogP contribution in [0.4, 0.5) is 5.69 Å². The second-order valence-corrected chi connectivity index (χ2v) is 5.91. The Morgan fingerprint density at radius 1 is 1.32 bits per heavy atom. The van der Waals surface area contributed by atoms with Crippen LogP contribution in [0.1, 0.15) is 56.3 Å². The van der Waals surface area contributed by atoms with E-state index in [9.17, 15) is 14.9 Å². The van der Waals surface area contributed by atoms with Gasteiger partial charge in [0.25, 0.3) is 11.6 Å². The zero-order valence-corrected chi connectivity index (χ0v) is 13.0. The number of hydrogen-bond donors (Lipinski definition) is 1. The number of amides is 1. The first-order valence-electron chi connectivity index (χ1n) is 7.73. The predicted molar refractivity (Wildman–Crippen MR) is 83.2 cm³/mol. The lowest BCUT2D eigenvalue weighted by Crippen LogP contribution is -2.36. The molecule has 2 rings (SSSR count). The summed E-state index contributed by atoms with van der Waals surface area (Å²) >= 11 is 0. The monoisotopic (exact) mass is 306 g/mol. The maximum absolute atomic E-state index is 12.5. The third-order valence-corrected chi connectivity index (χ3v) is 3.72. The Morgan fingerprint density at radius 3 is 2.59 bits per heavy atom. The van der Waals surface area contributed by atoms with Gasteiger partial charge in [-0.05, 0) is 32.8 Å². The number of nitro benzene ring substituents is 1. The summed E-state index contributed by atoms with van der Waals surface area (Å²) in [4.78, 5) is 22.9. The van der Waals surface area contributed by atoms with E-state index in [1.54, 1.807) is 0 Å². The molecule has 1 N–H and O–H groups in total. The summed E-state index contributed by atoms with van der Waals surface area (Å²) in [6.07, 6.45) is 5.22. The van der Waals surface area contributed by atoms with Crippen LogP contribution in [0.5, 0.6) is 5.75 Å². The third kappa shape index (κ3) is 4.19. The Balaban J connectivity index is 2.22. The zero-order valence-electron chi connectivity index (χ0n) is 13.0. The molecular formula is C16H22N2O4. The summed E-state index contributed by atoms with van der Waals surface area (Å²) in [5, 5.41) is 13.9. The number of nitro groups is 1. The summed E-state index contributed by atoms with van der Waals surface area (Å²) in [6.45, 7) is 3.70. The Hall–Kier alpha value is -2.11. The van der Waals surface area contributed by atoms with E-state index in [-0.39, 0.29) is 29.3 Å². The molecule has 1 amide bonds. The van der Waals surface area contributed by atoms with Gasteiger partial charge in [0, 0.05) is 18.2 Å². The van der Waals surface area contributed by atoms with Crippen molar-refractivity contribution < 1.29 is 14.5 Å². The van der Waals surface area contributed by atoms with Gasteiger partial charge in [0.05, 0.1) is 16.6 Å². The maximum atomic E-state index is 12.5. The van der Waals surface area contributed by atoms with Gasteiger partial charge in [-0.15, -0.1) is 0 Å². The fourth-order valence-corrected chi connectivity index (χ4v) is 2.68. The molecule has 0 aromatic heterocycles. The number of rotatable bonds is 5. The minimum atomic E-state index is -0.503. The van der Waals surface area contributed by atoms with Crippen molar-refractivity contribution in [2.45, 2.75) is 58.1 Å². The number of hydrogen-bond acceptors (Lipinski definition) is 4. The van der Waals surface area contributed by atoms with E-state index in [2.05, 4.69) is 5.32 Å². The standard InChI is InChI=1S/C16H22N2O4/c1-11(2)22-15-9-8-13(18(20)21)10-14(15)16(19)17-12-6-4-3-5-7-12/h8-12H,3-7H2,1-2H3,(H,17,19). The van der Waals surface area contributed by atoms with Crippen LogP contribution >= 0.6 is 0 Å². The highest BCUT2D eigenvalue weighted by molar-refractivity contribution is 5.97. The van der Waals surface area contributed by atoms with Crippen LogP contribution in [-0.2, 0) is 0 Å². The number of non-ortho nitro benzene ring substituents is 1. The Kier molecular flexibility index (Phi) is 5.35. The Bertz CT molecular complexity index is 551. The third-order valence-electron chi connectivity index (χ3n) is 3.72. The average Bonchev–Trinajstić information content (AvgIpc) is 2.47. The summed E-state index contributed by atoms with van der Waals surface area (Å²) in [5.74, 6) is 0.0835. The van der Waals surface area contributed by atoms with Crippen LogP contribution < -0.4 is 10.1 Å². The highest BCUT2D eigenvalue weighted by atomic mass is 16.6. The molecule has 1 fully saturated rings. The molecule has 120 valence electrons. The number of ether oxygens (including phenoxy) is 1. The summed E-state index contributed by atoms with van der Waals surface area (Å²) in [5.41, 5.74) is 0.123. The molecule has 0 atom stereocenters. The summed E-state index contributed by atoms with van der Waals surface area (Å²) in [6, 6.07) is 4.28. The molecule has 1 aromatic carbocycles. The van der Waals surface area contributed by atoms with Gasteiger partial charge in [-0.25, -0.2) is 0 Å². The van der Waals surface area contributed by atoms with E-state index in [0.717, 1.165) is 25.7 Å². The van der Waals surface area contributed by atoms with Gasteiger partial charge < -0.3 is 10.1 Å². The van der Waals surface area contributed by atoms with Crippen LogP contribution in [-0.4, -0.2) is 23.0 Å². The van der Waals surface area contributed by atoms with E-state index in [1.165, 1.54) is 24.6 Å². The van der Waals surface area contributed by atoms with Gasteiger partial charge in [0.2, 0.25) is 0 Å². The Labute approximate surface area is 130 Å². The lowest BCUT2D eigenvalue weighted by molar-refractivity contribution is -0.384. The smallest absolute Gasteiger partial charge is 0.270 e. The molecule has 1 aliphatic rings. The number of carbonyl (C=O) groups is 1. The molecule has 22 heavy (non-hydrogen) atoms. The van der Waals surface area contributed by atoms with Gasteiger partial charge in [0.1, 0.15) is 5.75 Å². The van der Waals surface area contributed by atoms with Crippen molar-refractivity contribution in [3.63, 3.8) is 0 Å². The van der Waals surface area contributed by atoms with Gasteiger partial charge >= 0.3 is 0 Å². The van der Waals surface area contributed by atoms with Crippen LogP contribution in [0.3, 0.4) is 0 Å². The van der Waals surface area contributed by atoms with Crippen molar-refractivity contribution in [2.75, 3.05) is 0 Å². The first kappa shape index (κ1) is 16.3. The highest BCUT2D eigenvalue weighted by Gasteiger charge is 2.22. The molecule has 0 radical (unpaired) electrons. The molecule has 6 heteroatoms. The quantitative estimate of drug-likeness (QED) is 0.667. The van der Waals surface area contributed by atoms with E-state index in [0.29, 0.717) is 5.75 Å². The topological polar surface area (TPSA) is 81.5 Å². The van der Waals surface area contributed by atoms with Gasteiger partial charge in [-0.1, -0.05) is 19.3 Å². The molecule has 1 saturated carbocycles. The first-order valence-corrected chi connectivity index (χ1v) is 7.73. The lowest BCUT2D eigenvalue weighted by Gasteiger charge is -2.23. The van der Waals surface area contributed by atoms with Crippen molar-refractivity contribution in [2.24, 2.45) is 0 Å². The lowest BCUT2D eigenvalue weighted by atomic mass is 9.95. The van der Waals surface area contributed by atoms with Crippen molar-refractivity contribution >= 4 is 11.6 Å². The number of nitrogens with one attached hydrogen (secondary N) is 1.